The molecule has 23 heavy (non-hydrogen) atoms. The number of nitrogens with zero attached hydrogens (tertiary/aromatic N) is 2. The van der Waals surface area contributed by atoms with Crippen LogP contribution in [-0.2, 0) is 6.54 Å². The molecule has 2 N–H and O–H groups in total. The van der Waals surface area contributed by atoms with Gasteiger partial charge >= 0.3 is 0 Å². The highest BCUT2D eigenvalue weighted by atomic mass is 16.3. The van der Waals surface area contributed by atoms with E-state index in [2.05, 4.69) is 34.7 Å². The van der Waals surface area contributed by atoms with Gasteiger partial charge in [-0.05, 0) is 32.3 Å². The van der Waals surface area contributed by atoms with Crippen LogP contribution in [0.15, 0.2) is 33.7 Å². The third-order valence-electron chi connectivity index (χ3n) is 4.59. The van der Waals surface area contributed by atoms with Crippen molar-refractivity contribution < 1.29 is 4.42 Å². The molecule has 2 atom stereocenters. The van der Waals surface area contributed by atoms with Crippen molar-refractivity contribution in [2.45, 2.75) is 38.8 Å². The van der Waals surface area contributed by atoms with Crippen LogP contribution >= 0.6 is 0 Å². The number of benzene rings is 1. The molecule has 0 radical (unpaired) electrons. The van der Waals surface area contributed by atoms with Crippen molar-refractivity contribution >= 4 is 16.9 Å². The first-order valence-electron chi connectivity index (χ1n) is 8.06. The molecule has 1 heterocycles. The maximum Gasteiger partial charge on any atom is 0.191 e. The molecule has 0 bridgehead atoms. The normalized spacial score (nSPS) is 21.3. The van der Waals surface area contributed by atoms with Gasteiger partial charge in [0.25, 0.3) is 0 Å². The average molecular weight is 310 g/mol. The molecule has 1 aliphatic carbocycles. The lowest BCUT2D eigenvalue weighted by Gasteiger charge is -2.19. The molecule has 0 aliphatic heterocycles. The number of aliphatic imine (C=N–C) groups is 1. The first-order valence-corrected chi connectivity index (χ1v) is 8.06. The van der Waals surface area contributed by atoms with E-state index in [1.165, 1.54) is 0 Å². The fraction of sp³-hybridized carbons (Fsp3) is 0.444. The number of nitriles is 1. The Morgan fingerprint density at radius 3 is 2.96 bits per heavy atom. The third-order valence-corrected chi connectivity index (χ3v) is 4.59. The molecule has 1 aromatic heterocycles. The molecule has 2 aromatic rings. The van der Waals surface area contributed by atoms with Gasteiger partial charge < -0.3 is 15.1 Å². The number of para-hydroxylation sites is 1. The number of fused-ring (bicyclic) bond motifs is 1. The summed E-state index contributed by atoms with van der Waals surface area (Å²) in [6.45, 7) is 2.64. The Morgan fingerprint density at radius 1 is 1.39 bits per heavy atom. The summed E-state index contributed by atoms with van der Waals surface area (Å²) in [5, 5.41) is 17.0. The molecular weight excluding hydrogens is 288 g/mol. The van der Waals surface area contributed by atoms with Crippen LogP contribution < -0.4 is 10.6 Å². The van der Waals surface area contributed by atoms with E-state index in [0.29, 0.717) is 6.54 Å². The number of rotatable bonds is 3. The largest absolute Gasteiger partial charge is 0.459 e. The third kappa shape index (κ3) is 3.16. The number of furan rings is 1. The van der Waals surface area contributed by atoms with Gasteiger partial charge in [-0.3, -0.25) is 4.99 Å². The van der Waals surface area contributed by atoms with E-state index in [0.717, 1.165) is 47.5 Å². The Labute approximate surface area is 136 Å². The van der Waals surface area contributed by atoms with Crippen LogP contribution in [0.25, 0.3) is 11.0 Å². The second-order valence-corrected chi connectivity index (χ2v) is 5.99. The van der Waals surface area contributed by atoms with E-state index in [-0.39, 0.29) is 12.0 Å². The zero-order valence-electron chi connectivity index (χ0n) is 13.6. The van der Waals surface area contributed by atoms with E-state index in [9.17, 15) is 5.26 Å². The molecule has 0 spiro atoms. The predicted octanol–water partition coefficient (Wildman–Crippen LogP) is 3.10. The lowest BCUT2D eigenvalue weighted by atomic mass is 10.1. The number of hydrogen-bond acceptors (Lipinski definition) is 3. The minimum Gasteiger partial charge on any atom is -0.459 e. The molecule has 2 unspecified atom stereocenters. The first-order chi connectivity index (χ1) is 11.2. The van der Waals surface area contributed by atoms with Gasteiger partial charge in [0.1, 0.15) is 11.3 Å². The quantitative estimate of drug-likeness (QED) is 0.675. The van der Waals surface area contributed by atoms with Crippen LogP contribution in [0, 0.1) is 24.2 Å². The van der Waals surface area contributed by atoms with E-state index in [4.69, 9.17) is 4.42 Å². The van der Waals surface area contributed by atoms with Crippen LogP contribution in [0.5, 0.6) is 0 Å². The molecule has 1 aliphatic rings. The molecule has 1 saturated carbocycles. The van der Waals surface area contributed by atoms with Gasteiger partial charge in [0.15, 0.2) is 5.96 Å². The monoisotopic (exact) mass is 310 g/mol. The second-order valence-electron chi connectivity index (χ2n) is 5.99. The number of aryl methyl sites for hydroxylation is 1. The lowest BCUT2D eigenvalue weighted by molar-refractivity contribution is 0.515. The smallest absolute Gasteiger partial charge is 0.191 e. The molecule has 1 aromatic carbocycles. The van der Waals surface area contributed by atoms with Crippen molar-refractivity contribution in [1.82, 2.24) is 10.6 Å². The molecular formula is C18H22N4O. The van der Waals surface area contributed by atoms with Crippen molar-refractivity contribution in [2.24, 2.45) is 10.9 Å². The summed E-state index contributed by atoms with van der Waals surface area (Å²) in [4.78, 5) is 4.26. The topological polar surface area (TPSA) is 73.3 Å². The first kappa shape index (κ1) is 15.4. The summed E-state index contributed by atoms with van der Waals surface area (Å²) in [6, 6.07) is 10.6. The van der Waals surface area contributed by atoms with Crippen LogP contribution in [0.2, 0.25) is 0 Å². The Balaban J connectivity index is 1.66. The molecule has 0 amide bonds. The van der Waals surface area contributed by atoms with Crippen molar-refractivity contribution in [2.75, 3.05) is 7.05 Å². The second kappa shape index (κ2) is 6.74. The summed E-state index contributed by atoms with van der Waals surface area (Å²) in [6.07, 6.45) is 3.08. The van der Waals surface area contributed by atoms with E-state index in [1.807, 2.05) is 18.2 Å². The highest BCUT2D eigenvalue weighted by molar-refractivity contribution is 5.83. The van der Waals surface area contributed by atoms with Gasteiger partial charge in [-0.2, -0.15) is 5.26 Å². The van der Waals surface area contributed by atoms with Gasteiger partial charge in [-0.15, -0.1) is 0 Å². The summed E-state index contributed by atoms with van der Waals surface area (Å²) < 4.78 is 5.91. The summed E-state index contributed by atoms with van der Waals surface area (Å²) in [5.74, 6) is 1.70. The van der Waals surface area contributed by atoms with Gasteiger partial charge in [0, 0.05) is 24.0 Å². The number of hydrogen-bond donors (Lipinski definition) is 2. The number of nitrogens with one attached hydrogen (secondary N) is 2. The standard InChI is InChI=1S/C18H22N4O/c1-12-14-7-3-4-9-16(14)23-17(12)11-21-18(20-2)22-15-8-5-6-13(15)10-19/h3-4,7,9,13,15H,5-6,8,11H2,1-2H3,(H2,20,21,22). The zero-order chi connectivity index (χ0) is 16.2. The summed E-state index contributed by atoms with van der Waals surface area (Å²) in [7, 11) is 1.75. The molecule has 5 nitrogen and oxygen atoms in total. The van der Waals surface area contributed by atoms with Gasteiger partial charge in [0.05, 0.1) is 18.5 Å². The zero-order valence-corrected chi connectivity index (χ0v) is 13.6. The van der Waals surface area contributed by atoms with E-state index in [1.54, 1.807) is 7.05 Å². The minimum atomic E-state index is 0.0708. The Kier molecular flexibility index (Phi) is 4.52. The van der Waals surface area contributed by atoms with Crippen molar-refractivity contribution in [1.29, 1.82) is 5.26 Å². The molecule has 1 fully saturated rings. The molecule has 120 valence electrons. The summed E-state index contributed by atoms with van der Waals surface area (Å²) in [5.41, 5.74) is 2.06. The minimum absolute atomic E-state index is 0.0708. The van der Waals surface area contributed by atoms with Crippen LogP contribution in [0.1, 0.15) is 30.6 Å². The molecule has 3 rings (SSSR count). The molecule has 5 heteroatoms. The van der Waals surface area contributed by atoms with Gasteiger partial charge in [-0.1, -0.05) is 18.2 Å². The summed E-state index contributed by atoms with van der Waals surface area (Å²) >= 11 is 0. The lowest BCUT2D eigenvalue weighted by Crippen LogP contribution is -2.44. The van der Waals surface area contributed by atoms with Crippen LogP contribution in [0.3, 0.4) is 0 Å². The fourth-order valence-electron chi connectivity index (χ4n) is 3.22. The van der Waals surface area contributed by atoms with Gasteiger partial charge in [0.2, 0.25) is 0 Å². The fourth-order valence-corrected chi connectivity index (χ4v) is 3.22. The van der Waals surface area contributed by atoms with Crippen LogP contribution in [0.4, 0.5) is 0 Å². The Morgan fingerprint density at radius 2 is 2.22 bits per heavy atom. The highest BCUT2D eigenvalue weighted by Crippen LogP contribution is 2.26. The molecule has 0 saturated heterocycles. The van der Waals surface area contributed by atoms with Crippen molar-refractivity contribution in [3.8, 4) is 6.07 Å². The Hall–Kier alpha value is -2.48. The highest BCUT2D eigenvalue weighted by Gasteiger charge is 2.27. The predicted molar refractivity (Wildman–Crippen MR) is 91.0 cm³/mol. The van der Waals surface area contributed by atoms with E-state index < -0.39 is 0 Å². The van der Waals surface area contributed by atoms with Crippen molar-refractivity contribution in [3.63, 3.8) is 0 Å². The van der Waals surface area contributed by atoms with Crippen molar-refractivity contribution in [3.05, 3.63) is 35.6 Å². The Bertz CT molecular complexity index is 756. The van der Waals surface area contributed by atoms with Crippen LogP contribution in [-0.4, -0.2) is 19.0 Å². The average Bonchev–Trinajstić information content (AvgIpc) is 3.16. The van der Waals surface area contributed by atoms with Gasteiger partial charge in [-0.25, -0.2) is 0 Å². The number of guanidine groups is 1. The van der Waals surface area contributed by atoms with E-state index >= 15 is 0 Å². The maximum atomic E-state index is 9.18. The maximum absolute atomic E-state index is 9.18. The SMILES string of the molecule is CN=C(NCc1oc2ccccc2c1C)NC1CCCC1C#N.